The van der Waals surface area contributed by atoms with E-state index in [2.05, 4.69) is 20.4 Å². The zero-order chi connectivity index (χ0) is 16.8. The van der Waals surface area contributed by atoms with Gasteiger partial charge in [0.2, 0.25) is 5.88 Å². The van der Waals surface area contributed by atoms with Crippen molar-refractivity contribution in [1.29, 1.82) is 0 Å². The van der Waals surface area contributed by atoms with Crippen molar-refractivity contribution in [3.05, 3.63) is 17.8 Å². The van der Waals surface area contributed by atoms with Crippen LogP contribution in [0.2, 0.25) is 0 Å². The van der Waals surface area contributed by atoms with E-state index < -0.39 is 0 Å². The van der Waals surface area contributed by atoms with Crippen LogP contribution in [0, 0.1) is 6.92 Å². The molecule has 2 heterocycles. The third-order valence-corrected chi connectivity index (χ3v) is 4.77. The standard InChI is InChI=1S/C17H27N5O2/c1-14-6-7-16(20-19-14)24-13-12-21-8-10-22(11-9-21)17(23)18-15-4-2-3-5-15/h6-7,15H,2-5,8-13H2,1H3,(H,18,23). The summed E-state index contributed by atoms with van der Waals surface area (Å²) in [7, 11) is 0. The number of rotatable bonds is 5. The molecular formula is C17H27N5O2. The Hall–Kier alpha value is -1.89. The molecule has 0 spiro atoms. The first kappa shape index (κ1) is 17.0. The van der Waals surface area contributed by atoms with Crippen LogP contribution < -0.4 is 10.1 Å². The highest BCUT2D eigenvalue weighted by Crippen LogP contribution is 2.18. The van der Waals surface area contributed by atoms with Crippen LogP contribution in [0.25, 0.3) is 0 Å². The van der Waals surface area contributed by atoms with Crippen molar-refractivity contribution in [2.45, 2.75) is 38.6 Å². The van der Waals surface area contributed by atoms with Gasteiger partial charge < -0.3 is 15.0 Å². The second kappa shape index (κ2) is 8.28. The Bertz CT molecular complexity index is 522. The maximum Gasteiger partial charge on any atom is 0.317 e. The molecule has 24 heavy (non-hydrogen) atoms. The molecule has 7 heteroatoms. The van der Waals surface area contributed by atoms with Crippen molar-refractivity contribution >= 4 is 6.03 Å². The Morgan fingerprint density at radius 1 is 1.21 bits per heavy atom. The van der Waals surface area contributed by atoms with E-state index in [0.29, 0.717) is 18.5 Å². The molecule has 0 radical (unpaired) electrons. The maximum atomic E-state index is 12.2. The van der Waals surface area contributed by atoms with Gasteiger partial charge in [0, 0.05) is 44.8 Å². The Labute approximate surface area is 143 Å². The lowest BCUT2D eigenvalue weighted by Crippen LogP contribution is -2.53. The van der Waals surface area contributed by atoms with Gasteiger partial charge in [0.15, 0.2) is 0 Å². The molecule has 0 bridgehead atoms. The van der Waals surface area contributed by atoms with E-state index in [0.717, 1.165) is 51.3 Å². The number of hydrogen-bond donors (Lipinski definition) is 1. The number of ether oxygens (including phenoxy) is 1. The number of hydrogen-bond acceptors (Lipinski definition) is 5. The number of amides is 2. The Morgan fingerprint density at radius 2 is 1.96 bits per heavy atom. The molecule has 0 unspecified atom stereocenters. The fourth-order valence-corrected chi connectivity index (χ4v) is 3.25. The number of piperazine rings is 1. The molecule has 1 N–H and O–H groups in total. The number of nitrogens with one attached hydrogen (secondary N) is 1. The smallest absolute Gasteiger partial charge is 0.317 e. The second-order valence-corrected chi connectivity index (χ2v) is 6.62. The van der Waals surface area contributed by atoms with Gasteiger partial charge in [0.25, 0.3) is 0 Å². The lowest BCUT2D eigenvalue weighted by molar-refractivity contribution is 0.123. The van der Waals surface area contributed by atoms with Gasteiger partial charge in [-0.1, -0.05) is 12.8 Å². The van der Waals surface area contributed by atoms with Crippen LogP contribution in [-0.2, 0) is 0 Å². The summed E-state index contributed by atoms with van der Waals surface area (Å²) < 4.78 is 5.62. The van der Waals surface area contributed by atoms with E-state index in [1.807, 2.05) is 24.0 Å². The highest BCUT2D eigenvalue weighted by Gasteiger charge is 2.24. The predicted octanol–water partition coefficient (Wildman–Crippen LogP) is 1.43. The average Bonchev–Trinajstić information content (AvgIpc) is 3.10. The summed E-state index contributed by atoms with van der Waals surface area (Å²) in [6.07, 6.45) is 4.74. The van der Waals surface area contributed by atoms with Gasteiger partial charge in [-0.3, -0.25) is 4.90 Å². The topological polar surface area (TPSA) is 70.6 Å². The third-order valence-electron chi connectivity index (χ3n) is 4.77. The Morgan fingerprint density at radius 3 is 2.62 bits per heavy atom. The van der Waals surface area contributed by atoms with Gasteiger partial charge in [-0.15, -0.1) is 5.10 Å². The van der Waals surface area contributed by atoms with Crippen LogP contribution >= 0.6 is 0 Å². The number of carbonyl (C=O) groups excluding carboxylic acids is 1. The average molecular weight is 333 g/mol. The lowest BCUT2D eigenvalue weighted by atomic mass is 10.2. The SMILES string of the molecule is Cc1ccc(OCCN2CCN(C(=O)NC3CCCC3)CC2)nn1. The number of carbonyl (C=O) groups is 1. The minimum atomic E-state index is 0.104. The minimum absolute atomic E-state index is 0.104. The number of aryl methyl sites for hydroxylation is 1. The quantitative estimate of drug-likeness (QED) is 0.883. The normalized spacial score (nSPS) is 19.5. The van der Waals surface area contributed by atoms with Crippen molar-refractivity contribution in [2.24, 2.45) is 0 Å². The molecule has 1 saturated heterocycles. The monoisotopic (exact) mass is 333 g/mol. The van der Waals surface area contributed by atoms with E-state index >= 15 is 0 Å². The molecule has 3 rings (SSSR count). The van der Waals surface area contributed by atoms with Crippen LogP contribution in [0.15, 0.2) is 12.1 Å². The molecule has 1 aliphatic carbocycles. The van der Waals surface area contributed by atoms with E-state index in [4.69, 9.17) is 4.74 Å². The lowest BCUT2D eigenvalue weighted by Gasteiger charge is -2.35. The highest BCUT2D eigenvalue weighted by atomic mass is 16.5. The van der Waals surface area contributed by atoms with Crippen LogP contribution in [0.5, 0.6) is 5.88 Å². The first-order valence-electron chi connectivity index (χ1n) is 8.91. The number of aromatic nitrogens is 2. The van der Waals surface area contributed by atoms with Crippen molar-refractivity contribution in [3.63, 3.8) is 0 Å². The second-order valence-electron chi connectivity index (χ2n) is 6.62. The molecule has 2 aliphatic rings. The van der Waals surface area contributed by atoms with Gasteiger partial charge in [0.05, 0.1) is 5.69 Å². The summed E-state index contributed by atoms with van der Waals surface area (Å²) in [6, 6.07) is 4.23. The van der Waals surface area contributed by atoms with Crippen molar-refractivity contribution < 1.29 is 9.53 Å². The highest BCUT2D eigenvalue weighted by molar-refractivity contribution is 5.74. The van der Waals surface area contributed by atoms with Crippen LogP contribution in [-0.4, -0.2) is 71.4 Å². The largest absolute Gasteiger partial charge is 0.475 e. The molecule has 1 aromatic rings. The fraction of sp³-hybridized carbons (Fsp3) is 0.706. The van der Waals surface area contributed by atoms with E-state index in [1.165, 1.54) is 12.8 Å². The molecule has 2 fully saturated rings. The molecule has 1 aliphatic heterocycles. The molecule has 2 amide bonds. The van der Waals surface area contributed by atoms with Gasteiger partial charge in [-0.25, -0.2) is 4.79 Å². The van der Waals surface area contributed by atoms with Crippen LogP contribution in [0.3, 0.4) is 0 Å². The van der Waals surface area contributed by atoms with Gasteiger partial charge in [-0.2, -0.15) is 5.10 Å². The molecular weight excluding hydrogens is 306 g/mol. The summed E-state index contributed by atoms with van der Waals surface area (Å²) in [5, 5.41) is 11.1. The summed E-state index contributed by atoms with van der Waals surface area (Å²) in [5.41, 5.74) is 0.884. The first-order chi connectivity index (χ1) is 11.7. The Kier molecular flexibility index (Phi) is 5.85. The molecule has 1 aromatic heterocycles. The summed E-state index contributed by atoms with van der Waals surface area (Å²) in [5.74, 6) is 0.565. The van der Waals surface area contributed by atoms with E-state index in [-0.39, 0.29) is 6.03 Å². The summed E-state index contributed by atoms with van der Waals surface area (Å²) in [6.45, 7) is 6.67. The number of urea groups is 1. The molecule has 0 aromatic carbocycles. The predicted molar refractivity (Wildman–Crippen MR) is 91.1 cm³/mol. The van der Waals surface area contributed by atoms with Gasteiger partial charge in [0.1, 0.15) is 6.61 Å². The zero-order valence-electron chi connectivity index (χ0n) is 14.4. The summed E-state index contributed by atoms with van der Waals surface area (Å²) in [4.78, 5) is 16.5. The summed E-state index contributed by atoms with van der Waals surface area (Å²) >= 11 is 0. The molecule has 0 atom stereocenters. The third kappa shape index (κ3) is 4.80. The molecule has 132 valence electrons. The Balaban J connectivity index is 1.32. The van der Waals surface area contributed by atoms with Crippen molar-refractivity contribution in [2.75, 3.05) is 39.3 Å². The van der Waals surface area contributed by atoms with Gasteiger partial charge >= 0.3 is 6.03 Å². The van der Waals surface area contributed by atoms with Gasteiger partial charge in [-0.05, 0) is 25.8 Å². The molecule has 1 saturated carbocycles. The first-order valence-corrected chi connectivity index (χ1v) is 8.91. The van der Waals surface area contributed by atoms with Crippen LogP contribution in [0.1, 0.15) is 31.4 Å². The zero-order valence-corrected chi connectivity index (χ0v) is 14.4. The molecule has 7 nitrogen and oxygen atoms in total. The van der Waals surface area contributed by atoms with Crippen molar-refractivity contribution in [3.8, 4) is 5.88 Å². The fourth-order valence-electron chi connectivity index (χ4n) is 3.25. The van der Waals surface area contributed by atoms with E-state index in [1.54, 1.807) is 0 Å². The van der Waals surface area contributed by atoms with Crippen LogP contribution in [0.4, 0.5) is 4.79 Å². The van der Waals surface area contributed by atoms with Crippen molar-refractivity contribution in [1.82, 2.24) is 25.3 Å². The minimum Gasteiger partial charge on any atom is -0.475 e. The van der Waals surface area contributed by atoms with E-state index in [9.17, 15) is 4.79 Å². The maximum absolute atomic E-state index is 12.2. The number of nitrogens with zero attached hydrogens (tertiary/aromatic N) is 4.